The Hall–Kier alpha value is -2.40. The van der Waals surface area contributed by atoms with E-state index < -0.39 is 0 Å². The highest BCUT2D eigenvalue weighted by Crippen LogP contribution is 2.33. The van der Waals surface area contributed by atoms with E-state index in [4.69, 9.17) is 5.73 Å². The molecule has 3 N–H and O–H groups in total. The summed E-state index contributed by atoms with van der Waals surface area (Å²) in [5.74, 6) is -0.200. The maximum Gasteiger partial charge on any atom is 0.267 e. The van der Waals surface area contributed by atoms with E-state index in [-0.39, 0.29) is 5.91 Å². The lowest BCUT2D eigenvalue weighted by Crippen LogP contribution is -2.11. The number of para-hydroxylation sites is 1. The Morgan fingerprint density at radius 3 is 2.80 bits per heavy atom. The highest BCUT2D eigenvalue weighted by Gasteiger charge is 2.17. The third-order valence-electron chi connectivity index (χ3n) is 2.96. The van der Waals surface area contributed by atoms with Crippen LogP contribution in [-0.2, 0) is 0 Å². The van der Waals surface area contributed by atoms with Crippen molar-refractivity contribution in [1.29, 1.82) is 0 Å². The van der Waals surface area contributed by atoms with Gasteiger partial charge in [0.25, 0.3) is 5.91 Å². The van der Waals surface area contributed by atoms with Crippen LogP contribution in [0.1, 0.15) is 15.2 Å². The van der Waals surface area contributed by atoms with Crippen LogP contribution in [0.25, 0.3) is 10.2 Å². The number of hydrogen-bond acceptors (Lipinski definition) is 4. The third kappa shape index (κ3) is 2.23. The molecule has 1 amide bonds. The average molecular weight is 283 g/mol. The number of fused-ring (bicyclic) bond motifs is 1. The maximum atomic E-state index is 12.3. The van der Waals surface area contributed by atoms with Crippen LogP contribution in [0.3, 0.4) is 0 Å². The Morgan fingerprint density at radius 2 is 2.05 bits per heavy atom. The quantitative estimate of drug-likeness (QED) is 0.757. The van der Waals surface area contributed by atoms with Crippen molar-refractivity contribution in [3.8, 4) is 0 Å². The number of aromatic nitrogens is 1. The molecule has 2 aromatic heterocycles. The van der Waals surface area contributed by atoms with Crippen LogP contribution in [0.4, 0.5) is 11.4 Å². The second-order valence-electron chi connectivity index (χ2n) is 4.53. The molecule has 0 saturated carbocycles. The van der Waals surface area contributed by atoms with Crippen molar-refractivity contribution in [3.05, 3.63) is 53.0 Å². The number of carbonyl (C=O) groups excluding carboxylic acids is 1. The molecule has 1 aromatic carbocycles. The lowest BCUT2D eigenvalue weighted by Gasteiger charge is -2.03. The Morgan fingerprint density at radius 1 is 1.30 bits per heavy atom. The number of nitrogens with zero attached hydrogens (tertiary/aromatic N) is 1. The number of carbonyl (C=O) groups is 1. The van der Waals surface area contributed by atoms with Crippen molar-refractivity contribution >= 4 is 38.8 Å². The molecule has 20 heavy (non-hydrogen) atoms. The van der Waals surface area contributed by atoms with Crippen molar-refractivity contribution in [2.75, 3.05) is 11.1 Å². The number of nitrogens with one attached hydrogen (secondary N) is 1. The van der Waals surface area contributed by atoms with E-state index in [0.717, 1.165) is 21.5 Å². The molecule has 3 rings (SSSR count). The van der Waals surface area contributed by atoms with Crippen molar-refractivity contribution in [3.63, 3.8) is 0 Å². The van der Waals surface area contributed by atoms with Crippen LogP contribution in [0.15, 0.2) is 42.6 Å². The summed E-state index contributed by atoms with van der Waals surface area (Å²) in [4.78, 5) is 17.9. The molecule has 0 bridgehead atoms. The van der Waals surface area contributed by atoms with E-state index in [1.165, 1.54) is 11.3 Å². The van der Waals surface area contributed by atoms with Gasteiger partial charge in [-0.1, -0.05) is 18.2 Å². The van der Waals surface area contributed by atoms with Crippen LogP contribution in [0, 0.1) is 6.92 Å². The molecule has 0 aliphatic rings. The zero-order valence-corrected chi connectivity index (χ0v) is 11.7. The van der Waals surface area contributed by atoms with E-state index in [2.05, 4.69) is 10.3 Å². The summed E-state index contributed by atoms with van der Waals surface area (Å²) >= 11 is 1.31. The van der Waals surface area contributed by atoms with Crippen LogP contribution in [0.2, 0.25) is 0 Å². The van der Waals surface area contributed by atoms with Gasteiger partial charge in [0.1, 0.15) is 9.71 Å². The Balaban J connectivity index is 1.98. The fraction of sp³-hybridized carbons (Fsp3) is 0.0667. The number of thiophene rings is 1. The molecule has 5 heteroatoms. The standard InChI is InChI=1S/C15H13N3OS/c1-9-7-11-12(16)13(20-15(11)17-8-9)14(19)18-10-5-3-2-4-6-10/h2-8H,16H2,1H3,(H,18,19). The molecule has 0 radical (unpaired) electrons. The molecule has 100 valence electrons. The zero-order chi connectivity index (χ0) is 14.1. The van der Waals surface area contributed by atoms with Crippen LogP contribution in [0.5, 0.6) is 0 Å². The lowest BCUT2D eigenvalue weighted by atomic mass is 10.2. The highest BCUT2D eigenvalue weighted by atomic mass is 32.1. The van der Waals surface area contributed by atoms with Crippen LogP contribution < -0.4 is 11.1 Å². The number of pyridine rings is 1. The molecule has 4 nitrogen and oxygen atoms in total. The van der Waals surface area contributed by atoms with Crippen molar-refractivity contribution < 1.29 is 4.79 Å². The number of benzene rings is 1. The Kier molecular flexibility index (Phi) is 3.12. The summed E-state index contributed by atoms with van der Waals surface area (Å²) in [5, 5.41) is 3.68. The van der Waals surface area contributed by atoms with Gasteiger partial charge >= 0.3 is 0 Å². The monoisotopic (exact) mass is 283 g/mol. The highest BCUT2D eigenvalue weighted by molar-refractivity contribution is 7.21. The number of hydrogen-bond donors (Lipinski definition) is 2. The normalized spacial score (nSPS) is 10.7. The molecule has 0 aliphatic heterocycles. The number of amides is 1. The number of nitrogen functional groups attached to an aromatic ring is 1. The number of anilines is 2. The lowest BCUT2D eigenvalue weighted by molar-refractivity contribution is 0.103. The Labute approximate surface area is 120 Å². The van der Waals surface area contributed by atoms with Gasteiger partial charge in [-0.05, 0) is 30.7 Å². The smallest absolute Gasteiger partial charge is 0.267 e. The second-order valence-corrected chi connectivity index (χ2v) is 5.53. The van der Waals surface area contributed by atoms with Gasteiger partial charge in [-0.3, -0.25) is 4.79 Å². The van der Waals surface area contributed by atoms with Gasteiger partial charge in [0.2, 0.25) is 0 Å². The number of nitrogens with two attached hydrogens (primary N) is 1. The molecule has 2 heterocycles. The fourth-order valence-corrected chi connectivity index (χ4v) is 2.92. The summed E-state index contributed by atoms with van der Waals surface area (Å²) < 4.78 is 0. The third-order valence-corrected chi connectivity index (χ3v) is 4.09. The van der Waals surface area contributed by atoms with E-state index in [1.54, 1.807) is 6.20 Å². The first kappa shape index (κ1) is 12.6. The van der Waals surface area contributed by atoms with Crippen molar-refractivity contribution in [1.82, 2.24) is 4.98 Å². The van der Waals surface area contributed by atoms with Crippen LogP contribution >= 0.6 is 11.3 Å². The molecule has 3 aromatic rings. The summed E-state index contributed by atoms with van der Waals surface area (Å²) in [6, 6.07) is 11.3. The van der Waals surface area contributed by atoms with Gasteiger partial charge in [-0.15, -0.1) is 11.3 Å². The number of aryl methyl sites for hydroxylation is 1. The Bertz CT molecular complexity index is 780. The molecular formula is C15H13N3OS. The van der Waals surface area contributed by atoms with Gasteiger partial charge in [0, 0.05) is 17.3 Å². The predicted molar refractivity (Wildman–Crippen MR) is 83.2 cm³/mol. The predicted octanol–water partition coefficient (Wildman–Crippen LogP) is 3.44. The first-order valence-electron chi connectivity index (χ1n) is 6.16. The SMILES string of the molecule is Cc1cnc2sc(C(=O)Nc3ccccc3)c(N)c2c1. The molecule has 0 saturated heterocycles. The van der Waals surface area contributed by atoms with Crippen molar-refractivity contribution in [2.45, 2.75) is 6.92 Å². The second kappa shape index (κ2) is 4.94. The number of rotatable bonds is 2. The molecule has 0 atom stereocenters. The topological polar surface area (TPSA) is 68.0 Å². The fourth-order valence-electron chi connectivity index (χ4n) is 1.98. The molecular weight excluding hydrogens is 270 g/mol. The maximum absolute atomic E-state index is 12.3. The summed E-state index contributed by atoms with van der Waals surface area (Å²) in [6.45, 7) is 1.95. The first-order valence-corrected chi connectivity index (χ1v) is 6.98. The molecule has 0 aliphatic carbocycles. The van der Waals surface area contributed by atoms with Gasteiger partial charge in [-0.25, -0.2) is 4.98 Å². The average Bonchev–Trinajstić information content (AvgIpc) is 2.77. The minimum atomic E-state index is -0.200. The zero-order valence-electron chi connectivity index (χ0n) is 10.9. The van der Waals surface area contributed by atoms with E-state index in [9.17, 15) is 4.79 Å². The minimum absolute atomic E-state index is 0.200. The molecule has 0 unspecified atom stereocenters. The summed E-state index contributed by atoms with van der Waals surface area (Å²) in [5.41, 5.74) is 8.34. The molecule has 0 fully saturated rings. The first-order chi connectivity index (χ1) is 9.65. The minimum Gasteiger partial charge on any atom is -0.397 e. The van der Waals surface area contributed by atoms with Crippen molar-refractivity contribution in [2.24, 2.45) is 0 Å². The largest absolute Gasteiger partial charge is 0.397 e. The van der Waals surface area contributed by atoms with E-state index in [0.29, 0.717) is 10.6 Å². The summed E-state index contributed by atoms with van der Waals surface area (Å²) in [7, 11) is 0. The van der Waals surface area contributed by atoms with E-state index >= 15 is 0 Å². The summed E-state index contributed by atoms with van der Waals surface area (Å²) in [6.07, 6.45) is 1.77. The van der Waals surface area contributed by atoms with Gasteiger partial charge in [-0.2, -0.15) is 0 Å². The van der Waals surface area contributed by atoms with Gasteiger partial charge in [0.15, 0.2) is 0 Å². The van der Waals surface area contributed by atoms with Gasteiger partial charge < -0.3 is 11.1 Å². The van der Waals surface area contributed by atoms with Crippen LogP contribution in [-0.4, -0.2) is 10.9 Å². The van der Waals surface area contributed by atoms with Gasteiger partial charge in [0.05, 0.1) is 5.69 Å². The molecule has 0 spiro atoms. The van der Waals surface area contributed by atoms with E-state index in [1.807, 2.05) is 43.3 Å².